The highest BCUT2D eigenvalue weighted by molar-refractivity contribution is 5.88. The number of carbonyl (C=O) groups is 1. The first-order valence-corrected chi connectivity index (χ1v) is 5.40. The van der Waals surface area contributed by atoms with Crippen molar-refractivity contribution < 1.29 is 9.90 Å². The number of nitrogens with zero attached hydrogens (tertiary/aromatic N) is 2. The second-order valence-corrected chi connectivity index (χ2v) is 3.80. The third-order valence-electron chi connectivity index (χ3n) is 2.48. The largest absolute Gasteiger partial charge is 0.478 e. The van der Waals surface area contributed by atoms with Crippen LogP contribution in [0.15, 0.2) is 47.7 Å². The number of hydrogen-bond acceptors (Lipinski definition) is 3. The van der Waals surface area contributed by atoms with Crippen LogP contribution in [0.2, 0.25) is 0 Å². The maximum atomic E-state index is 10.8. The Balaban J connectivity index is 2.06. The van der Waals surface area contributed by atoms with Crippen molar-refractivity contribution in [2.45, 2.75) is 0 Å². The van der Waals surface area contributed by atoms with Gasteiger partial charge in [-0.3, -0.25) is 5.43 Å². The van der Waals surface area contributed by atoms with Crippen LogP contribution in [0.25, 0.3) is 0 Å². The molecule has 92 valence electrons. The summed E-state index contributed by atoms with van der Waals surface area (Å²) in [5.74, 6) is -0.954. The molecule has 0 aliphatic heterocycles. The van der Waals surface area contributed by atoms with E-state index in [4.69, 9.17) is 5.11 Å². The number of carboxylic acids is 1. The zero-order chi connectivity index (χ0) is 13.0. The highest BCUT2D eigenvalue weighted by Gasteiger charge is 2.01. The van der Waals surface area contributed by atoms with E-state index in [-0.39, 0.29) is 5.56 Å². The van der Waals surface area contributed by atoms with E-state index in [9.17, 15) is 4.79 Å². The highest BCUT2D eigenvalue weighted by Crippen LogP contribution is 2.10. The first-order valence-electron chi connectivity index (χ1n) is 5.40. The van der Waals surface area contributed by atoms with Crippen molar-refractivity contribution >= 4 is 17.9 Å². The number of hydrazone groups is 1. The number of hydrogen-bond donors (Lipinski definition) is 2. The quantitative estimate of drug-likeness (QED) is 0.638. The van der Waals surface area contributed by atoms with Crippen LogP contribution in [-0.4, -0.2) is 21.9 Å². The number of anilines is 1. The van der Waals surface area contributed by atoms with E-state index in [1.54, 1.807) is 18.3 Å². The number of aromatic nitrogens is 1. The molecule has 0 aliphatic rings. The molecule has 2 rings (SSSR count). The number of aromatic carboxylic acids is 1. The number of carboxylic acid groups (broad SMARTS) is 1. The van der Waals surface area contributed by atoms with E-state index in [2.05, 4.69) is 10.5 Å². The average molecular weight is 243 g/mol. The van der Waals surface area contributed by atoms with Crippen molar-refractivity contribution in [3.05, 3.63) is 53.9 Å². The average Bonchev–Trinajstić information content (AvgIpc) is 2.76. The molecule has 1 aromatic carbocycles. The summed E-state index contributed by atoms with van der Waals surface area (Å²) in [4.78, 5) is 10.8. The van der Waals surface area contributed by atoms with Gasteiger partial charge in [0.25, 0.3) is 0 Å². The molecule has 1 aromatic heterocycles. The van der Waals surface area contributed by atoms with Crippen molar-refractivity contribution in [3.63, 3.8) is 0 Å². The second-order valence-electron chi connectivity index (χ2n) is 3.80. The molecule has 0 amide bonds. The van der Waals surface area contributed by atoms with Crippen LogP contribution in [0.3, 0.4) is 0 Å². The van der Waals surface area contributed by atoms with E-state index in [1.165, 1.54) is 12.1 Å². The molecular weight excluding hydrogens is 230 g/mol. The standard InChI is InChI=1S/C13H13N3O2/c1-16-7-3-6-12(16)9-14-15-11-5-2-4-10(8-11)13(17)18/h2-9,15H,1H3,(H,17,18)/b14-9-. The first-order chi connectivity index (χ1) is 8.66. The molecule has 2 aromatic rings. The van der Waals surface area contributed by atoms with Crippen molar-refractivity contribution in [3.8, 4) is 0 Å². The van der Waals surface area contributed by atoms with Crippen LogP contribution < -0.4 is 5.43 Å². The summed E-state index contributed by atoms with van der Waals surface area (Å²) in [6, 6.07) is 10.4. The smallest absolute Gasteiger partial charge is 0.335 e. The van der Waals surface area contributed by atoms with Crippen LogP contribution in [0, 0.1) is 0 Å². The third kappa shape index (κ3) is 2.76. The van der Waals surface area contributed by atoms with Gasteiger partial charge >= 0.3 is 5.97 Å². The Hall–Kier alpha value is -2.56. The predicted octanol–water partition coefficient (Wildman–Crippen LogP) is 2.17. The summed E-state index contributed by atoms with van der Waals surface area (Å²) in [5, 5.41) is 12.9. The molecule has 0 fully saturated rings. The van der Waals surface area contributed by atoms with Crippen LogP contribution in [0.5, 0.6) is 0 Å². The number of rotatable bonds is 4. The molecule has 0 aliphatic carbocycles. The third-order valence-corrected chi connectivity index (χ3v) is 2.48. The summed E-state index contributed by atoms with van der Waals surface area (Å²) in [6.07, 6.45) is 3.60. The summed E-state index contributed by atoms with van der Waals surface area (Å²) in [6.45, 7) is 0. The Kier molecular flexibility index (Phi) is 3.43. The fourth-order valence-corrected chi connectivity index (χ4v) is 1.50. The van der Waals surface area contributed by atoms with E-state index in [1.807, 2.05) is 29.9 Å². The van der Waals surface area contributed by atoms with Crippen LogP contribution in [0.4, 0.5) is 5.69 Å². The van der Waals surface area contributed by atoms with Crippen molar-refractivity contribution in [1.29, 1.82) is 0 Å². The fourth-order valence-electron chi connectivity index (χ4n) is 1.50. The molecule has 0 atom stereocenters. The van der Waals surface area contributed by atoms with Gasteiger partial charge in [0, 0.05) is 13.2 Å². The van der Waals surface area contributed by atoms with Gasteiger partial charge in [-0.05, 0) is 30.3 Å². The lowest BCUT2D eigenvalue weighted by Gasteiger charge is -2.01. The van der Waals surface area contributed by atoms with Gasteiger partial charge in [0.1, 0.15) is 0 Å². The molecule has 18 heavy (non-hydrogen) atoms. The first kappa shape index (κ1) is 11.9. The molecule has 5 heteroatoms. The van der Waals surface area contributed by atoms with Gasteiger partial charge in [0.15, 0.2) is 0 Å². The molecule has 2 N–H and O–H groups in total. The van der Waals surface area contributed by atoms with Gasteiger partial charge in [-0.25, -0.2) is 4.79 Å². The van der Waals surface area contributed by atoms with Crippen molar-refractivity contribution in [1.82, 2.24) is 4.57 Å². The number of benzene rings is 1. The highest BCUT2D eigenvalue weighted by atomic mass is 16.4. The molecule has 0 spiro atoms. The molecule has 0 unspecified atom stereocenters. The lowest BCUT2D eigenvalue weighted by Crippen LogP contribution is -1.98. The topological polar surface area (TPSA) is 66.6 Å². The molecule has 0 saturated heterocycles. The van der Waals surface area contributed by atoms with E-state index in [0.717, 1.165) is 5.69 Å². The monoisotopic (exact) mass is 243 g/mol. The summed E-state index contributed by atoms with van der Waals surface area (Å²) >= 11 is 0. The Morgan fingerprint density at radius 3 is 2.89 bits per heavy atom. The minimum absolute atomic E-state index is 0.231. The Labute approximate surface area is 104 Å². The van der Waals surface area contributed by atoms with Gasteiger partial charge in [0.2, 0.25) is 0 Å². The van der Waals surface area contributed by atoms with Gasteiger partial charge in [-0.2, -0.15) is 5.10 Å². The summed E-state index contributed by atoms with van der Waals surface area (Å²) in [5.41, 5.74) is 4.62. The molecule has 5 nitrogen and oxygen atoms in total. The lowest BCUT2D eigenvalue weighted by molar-refractivity contribution is 0.0697. The van der Waals surface area contributed by atoms with E-state index >= 15 is 0 Å². The zero-order valence-corrected chi connectivity index (χ0v) is 9.87. The predicted molar refractivity (Wildman–Crippen MR) is 70.0 cm³/mol. The van der Waals surface area contributed by atoms with Gasteiger partial charge in [0.05, 0.1) is 23.2 Å². The number of aryl methyl sites for hydroxylation is 1. The molecule has 0 saturated carbocycles. The Bertz CT molecular complexity index is 587. The van der Waals surface area contributed by atoms with Gasteiger partial charge < -0.3 is 9.67 Å². The number of nitrogens with one attached hydrogen (secondary N) is 1. The van der Waals surface area contributed by atoms with Gasteiger partial charge in [-0.1, -0.05) is 6.07 Å². The normalized spacial score (nSPS) is 10.7. The molecule has 0 radical (unpaired) electrons. The SMILES string of the molecule is Cn1cccc1/C=N\Nc1cccc(C(=O)O)c1. The zero-order valence-electron chi connectivity index (χ0n) is 9.87. The van der Waals surface area contributed by atoms with Crippen LogP contribution in [0.1, 0.15) is 16.1 Å². The van der Waals surface area contributed by atoms with E-state index < -0.39 is 5.97 Å². The maximum Gasteiger partial charge on any atom is 0.335 e. The Morgan fingerprint density at radius 2 is 2.22 bits per heavy atom. The maximum absolute atomic E-state index is 10.8. The summed E-state index contributed by atoms with van der Waals surface area (Å²) < 4.78 is 1.93. The fraction of sp³-hybridized carbons (Fsp3) is 0.0769. The van der Waals surface area contributed by atoms with Crippen molar-refractivity contribution in [2.24, 2.45) is 12.1 Å². The summed E-state index contributed by atoms with van der Waals surface area (Å²) in [7, 11) is 1.92. The second kappa shape index (κ2) is 5.18. The lowest BCUT2D eigenvalue weighted by atomic mass is 10.2. The van der Waals surface area contributed by atoms with Crippen LogP contribution in [-0.2, 0) is 7.05 Å². The minimum Gasteiger partial charge on any atom is -0.478 e. The molecule has 1 heterocycles. The van der Waals surface area contributed by atoms with Gasteiger partial charge in [-0.15, -0.1) is 0 Å². The Morgan fingerprint density at radius 1 is 1.39 bits per heavy atom. The van der Waals surface area contributed by atoms with E-state index in [0.29, 0.717) is 5.69 Å². The van der Waals surface area contributed by atoms with Crippen molar-refractivity contribution in [2.75, 3.05) is 5.43 Å². The molecule has 0 bridgehead atoms. The molecular formula is C13H13N3O2. The minimum atomic E-state index is -0.954. The van der Waals surface area contributed by atoms with Crippen LogP contribution >= 0.6 is 0 Å².